The van der Waals surface area contributed by atoms with E-state index >= 15 is 0 Å². The van der Waals surface area contributed by atoms with Gasteiger partial charge in [0.1, 0.15) is 0 Å². The van der Waals surface area contributed by atoms with Crippen LogP contribution in [0.25, 0.3) is 0 Å². The maximum Gasteiger partial charge on any atom is 0.227 e. The van der Waals surface area contributed by atoms with Gasteiger partial charge in [0.2, 0.25) is 5.91 Å². The molecule has 0 fully saturated rings. The number of carbonyl (C=O) groups is 1. The lowest BCUT2D eigenvalue weighted by molar-refractivity contribution is -0.122. The average molecular weight is 255 g/mol. The van der Waals surface area contributed by atoms with Gasteiger partial charge in [0.05, 0.1) is 5.92 Å². The molecule has 0 heterocycles. The molecule has 0 saturated heterocycles. The standard InChI is InChI=1S/C13H19ClN2O/c1-10(11-5-3-6-12(14)9-11)13(17)16-8-4-7-15-2/h3,5-6,9-10,15H,4,7-8H2,1-2H3,(H,16,17). The van der Waals surface area contributed by atoms with Crippen LogP contribution in [0.5, 0.6) is 0 Å². The van der Waals surface area contributed by atoms with Crippen LogP contribution >= 0.6 is 11.6 Å². The lowest BCUT2D eigenvalue weighted by Gasteiger charge is -2.12. The van der Waals surface area contributed by atoms with E-state index in [1.807, 2.05) is 38.2 Å². The van der Waals surface area contributed by atoms with Crippen molar-refractivity contribution in [1.82, 2.24) is 10.6 Å². The summed E-state index contributed by atoms with van der Waals surface area (Å²) < 4.78 is 0. The minimum atomic E-state index is -0.164. The molecule has 3 nitrogen and oxygen atoms in total. The summed E-state index contributed by atoms with van der Waals surface area (Å²) in [5, 5.41) is 6.62. The van der Waals surface area contributed by atoms with Crippen LogP contribution in [0.1, 0.15) is 24.8 Å². The number of hydrogen-bond donors (Lipinski definition) is 2. The van der Waals surface area contributed by atoms with Gasteiger partial charge in [0, 0.05) is 11.6 Å². The van der Waals surface area contributed by atoms with Crippen LogP contribution in [0.2, 0.25) is 5.02 Å². The van der Waals surface area contributed by atoms with Gasteiger partial charge >= 0.3 is 0 Å². The monoisotopic (exact) mass is 254 g/mol. The van der Waals surface area contributed by atoms with Gasteiger partial charge in [-0.05, 0) is 44.6 Å². The van der Waals surface area contributed by atoms with Gasteiger partial charge in [-0.25, -0.2) is 0 Å². The van der Waals surface area contributed by atoms with Crippen molar-refractivity contribution in [3.05, 3.63) is 34.9 Å². The fourth-order valence-electron chi connectivity index (χ4n) is 1.56. The first-order valence-electron chi connectivity index (χ1n) is 5.83. The van der Waals surface area contributed by atoms with Crippen LogP contribution in [0.3, 0.4) is 0 Å². The zero-order chi connectivity index (χ0) is 12.7. The van der Waals surface area contributed by atoms with E-state index in [2.05, 4.69) is 10.6 Å². The maximum absolute atomic E-state index is 11.8. The van der Waals surface area contributed by atoms with E-state index in [0.29, 0.717) is 11.6 Å². The third-order valence-electron chi connectivity index (χ3n) is 2.64. The number of carbonyl (C=O) groups excluding carboxylic acids is 1. The minimum Gasteiger partial charge on any atom is -0.356 e. The third-order valence-corrected chi connectivity index (χ3v) is 2.88. The molecule has 0 aliphatic rings. The van der Waals surface area contributed by atoms with Crippen LogP contribution in [0.15, 0.2) is 24.3 Å². The van der Waals surface area contributed by atoms with Gasteiger partial charge in [0.15, 0.2) is 0 Å². The topological polar surface area (TPSA) is 41.1 Å². The minimum absolute atomic E-state index is 0.0448. The van der Waals surface area contributed by atoms with Crippen LogP contribution in [-0.2, 0) is 4.79 Å². The zero-order valence-corrected chi connectivity index (χ0v) is 11.1. The number of hydrogen-bond acceptors (Lipinski definition) is 2. The number of benzene rings is 1. The van der Waals surface area contributed by atoms with Gasteiger partial charge in [-0.3, -0.25) is 4.79 Å². The average Bonchev–Trinajstić information content (AvgIpc) is 2.33. The van der Waals surface area contributed by atoms with E-state index in [-0.39, 0.29) is 11.8 Å². The summed E-state index contributed by atoms with van der Waals surface area (Å²) in [7, 11) is 1.90. The second-order valence-electron chi connectivity index (χ2n) is 4.02. The molecular formula is C13H19ClN2O. The molecule has 1 aromatic rings. The van der Waals surface area contributed by atoms with E-state index in [1.54, 1.807) is 0 Å². The molecule has 0 aromatic heterocycles. The van der Waals surface area contributed by atoms with Crippen molar-refractivity contribution < 1.29 is 4.79 Å². The van der Waals surface area contributed by atoms with E-state index in [1.165, 1.54) is 0 Å². The van der Waals surface area contributed by atoms with Gasteiger partial charge in [-0.15, -0.1) is 0 Å². The van der Waals surface area contributed by atoms with Crippen molar-refractivity contribution in [3.63, 3.8) is 0 Å². The molecule has 0 radical (unpaired) electrons. The summed E-state index contributed by atoms with van der Waals surface area (Å²) in [4.78, 5) is 11.8. The Morgan fingerprint density at radius 3 is 2.82 bits per heavy atom. The number of halogens is 1. The molecule has 1 amide bonds. The van der Waals surface area contributed by atoms with E-state index < -0.39 is 0 Å². The van der Waals surface area contributed by atoms with E-state index in [0.717, 1.165) is 18.5 Å². The molecule has 2 N–H and O–H groups in total. The Labute approximate surface area is 108 Å². The Balaban J connectivity index is 2.46. The molecule has 1 aromatic carbocycles. The van der Waals surface area contributed by atoms with Crippen molar-refractivity contribution in [2.24, 2.45) is 0 Å². The zero-order valence-electron chi connectivity index (χ0n) is 10.3. The Morgan fingerprint density at radius 2 is 2.18 bits per heavy atom. The first-order chi connectivity index (χ1) is 8.15. The molecule has 0 bridgehead atoms. The highest BCUT2D eigenvalue weighted by Crippen LogP contribution is 2.19. The highest BCUT2D eigenvalue weighted by atomic mass is 35.5. The van der Waals surface area contributed by atoms with Gasteiger partial charge < -0.3 is 10.6 Å². The number of rotatable bonds is 6. The Hall–Kier alpha value is -1.06. The lowest BCUT2D eigenvalue weighted by atomic mass is 10.0. The largest absolute Gasteiger partial charge is 0.356 e. The molecule has 1 unspecified atom stereocenters. The summed E-state index contributed by atoms with van der Waals surface area (Å²) >= 11 is 5.90. The van der Waals surface area contributed by atoms with Crippen molar-refractivity contribution in [1.29, 1.82) is 0 Å². The predicted molar refractivity (Wildman–Crippen MR) is 71.4 cm³/mol. The summed E-state index contributed by atoms with van der Waals surface area (Å²) in [6, 6.07) is 7.42. The summed E-state index contributed by atoms with van der Waals surface area (Å²) in [5.41, 5.74) is 0.948. The molecule has 0 aliphatic heterocycles. The quantitative estimate of drug-likeness (QED) is 0.764. The number of amides is 1. The number of nitrogens with one attached hydrogen (secondary N) is 2. The Bertz CT molecular complexity index is 368. The molecule has 1 atom stereocenters. The van der Waals surface area contributed by atoms with Crippen LogP contribution in [0.4, 0.5) is 0 Å². The summed E-state index contributed by atoms with van der Waals surface area (Å²) in [6.45, 7) is 3.50. The highest BCUT2D eigenvalue weighted by Gasteiger charge is 2.14. The van der Waals surface area contributed by atoms with Crippen molar-refractivity contribution in [2.45, 2.75) is 19.3 Å². The molecule has 0 spiro atoms. The van der Waals surface area contributed by atoms with Crippen LogP contribution in [-0.4, -0.2) is 26.0 Å². The molecule has 1 rings (SSSR count). The smallest absolute Gasteiger partial charge is 0.227 e. The third kappa shape index (κ3) is 4.75. The second kappa shape index (κ2) is 7.30. The molecule has 0 aliphatic carbocycles. The lowest BCUT2D eigenvalue weighted by Crippen LogP contribution is -2.30. The normalized spacial score (nSPS) is 12.2. The fourth-order valence-corrected chi connectivity index (χ4v) is 1.76. The first-order valence-corrected chi connectivity index (χ1v) is 6.20. The van der Waals surface area contributed by atoms with Gasteiger partial charge in [0.25, 0.3) is 0 Å². The van der Waals surface area contributed by atoms with Crippen molar-refractivity contribution in [2.75, 3.05) is 20.1 Å². The SMILES string of the molecule is CNCCCNC(=O)C(C)c1cccc(Cl)c1. The van der Waals surface area contributed by atoms with Crippen LogP contribution < -0.4 is 10.6 Å². The van der Waals surface area contributed by atoms with E-state index in [9.17, 15) is 4.79 Å². The highest BCUT2D eigenvalue weighted by molar-refractivity contribution is 6.30. The molecule has 0 saturated carbocycles. The van der Waals surface area contributed by atoms with Crippen LogP contribution in [0, 0.1) is 0 Å². The molecular weight excluding hydrogens is 236 g/mol. The molecule has 17 heavy (non-hydrogen) atoms. The predicted octanol–water partition coefficient (Wildman–Crippen LogP) is 2.17. The maximum atomic E-state index is 11.8. The Morgan fingerprint density at radius 1 is 1.41 bits per heavy atom. The summed E-state index contributed by atoms with van der Waals surface area (Å²) in [5.74, 6) is -0.119. The fraction of sp³-hybridized carbons (Fsp3) is 0.462. The molecule has 4 heteroatoms. The first kappa shape index (κ1) is 14.0. The molecule has 94 valence electrons. The van der Waals surface area contributed by atoms with Gasteiger partial charge in [-0.1, -0.05) is 23.7 Å². The summed E-state index contributed by atoms with van der Waals surface area (Å²) in [6.07, 6.45) is 0.935. The van der Waals surface area contributed by atoms with Crippen molar-refractivity contribution >= 4 is 17.5 Å². The van der Waals surface area contributed by atoms with E-state index in [4.69, 9.17) is 11.6 Å². The Kier molecular flexibility index (Phi) is 6.01. The van der Waals surface area contributed by atoms with Gasteiger partial charge in [-0.2, -0.15) is 0 Å². The second-order valence-corrected chi connectivity index (χ2v) is 4.46. The van der Waals surface area contributed by atoms with Crippen molar-refractivity contribution in [3.8, 4) is 0 Å².